The van der Waals surface area contributed by atoms with Gasteiger partial charge in [-0.3, -0.25) is 0 Å². The molecule has 0 spiro atoms. The van der Waals surface area contributed by atoms with E-state index in [4.69, 9.17) is 9.84 Å². The van der Waals surface area contributed by atoms with Crippen LogP contribution in [0.5, 0.6) is 5.88 Å². The number of hydrogen-bond donors (Lipinski definition) is 1. The Morgan fingerprint density at radius 1 is 1.40 bits per heavy atom. The number of ether oxygens (including phenoxy) is 1. The van der Waals surface area contributed by atoms with Crippen molar-refractivity contribution in [3.05, 3.63) is 23.5 Å². The van der Waals surface area contributed by atoms with E-state index in [-0.39, 0.29) is 5.52 Å². The van der Waals surface area contributed by atoms with Gasteiger partial charge in [-0.25, -0.2) is 19.2 Å². The molecule has 0 bridgehead atoms. The maximum absolute atomic E-state index is 13.9. The van der Waals surface area contributed by atoms with Crippen LogP contribution in [0.3, 0.4) is 0 Å². The van der Waals surface area contributed by atoms with E-state index in [9.17, 15) is 9.18 Å². The van der Waals surface area contributed by atoms with Crippen molar-refractivity contribution in [2.24, 2.45) is 5.92 Å². The Bertz CT molecular complexity index is 795. The standard InChI is InChI=1S/C18H22FN3O3/c1-3-5-11-6-4-7-22(10-11)16-17(25-2)21-15-9-13(19)12(18(23)24)8-14(15)20-16/h8-9,11H,3-7,10H2,1-2H3,(H,23,24). The fraction of sp³-hybridized carbons (Fsp3) is 0.500. The normalized spacial score (nSPS) is 17.7. The molecule has 0 radical (unpaired) electrons. The summed E-state index contributed by atoms with van der Waals surface area (Å²) in [6.07, 6.45) is 4.56. The van der Waals surface area contributed by atoms with E-state index in [0.717, 1.165) is 38.4 Å². The number of fused-ring (bicyclic) bond motifs is 1. The molecule has 1 atom stereocenters. The first kappa shape index (κ1) is 17.4. The molecule has 2 aromatic rings. The molecular weight excluding hydrogens is 325 g/mol. The van der Waals surface area contributed by atoms with Gasteiger partial charge in [-0.15, -0.1) is 0 Å². The highest BCUT2D eigenvalue weighted by Gasteiger charge is 2.24. The number of aromatic nitrogens is 2. The molecule has 0 saturated carbocycles. The molecular formula is C18H22FN3O3. The summed E-state index contributed by atoms with van der Waals surface area (Å²) in [7, 11) is 1.51. The zero-order chi connectivity index (χ0) is 18.0. The van der Waals surface area contributed by atoms with E-state index >= 15 is 0 Å². The van der Waals surface area contributed by atoms with Crippen molar-refractivity contribution >= 4 is 22.8 Å². The molecule has 1 aromatic heterocycles. The highest BCUT2D eigenvalue weighted by atomic mass is 19.1. The molecule has 3 rings (SSSR count). The molecule has 1 aliphatic rings. The lowest BCUT2D eigenvalue weighted by Crippen LogP contribution is -2.36. The molecule has 1 aliphatic heterocycles. The van der Waals surface area contributed by atoms with Crippen molar-refractivity contribution in [3.63, 3.8) is 0 Å². The third-order valence-electron chi connectivity index (χ3n) is 4.64. The Kier molecular flexibility index (Phi) is 5.01. The molecule has 1 aromatic carbocycles. The van der Waals surface area contributed by atoms with Gasteiger partial charge in [0.2, 0.25) is 0 Å². The van der Waals surface area contributed by atoms with Crippen LogP contribution in [-0.2, 0) is 0 Å². The molecule has 0 amide bonds. The van der Waals surface area contributed by atoms with Crippen molar-refractivity contribution in [2.45, 2.75) is 32.6 Å². The number of rotatable bonds is 5. The lowest BCUT2D eigenvalue weighted by atomic mass is 9.94. The number of halogens is 1. The predicted molar refractivity (Wildman–Crippen MR) is 92.9 cm³/mol. The fourth-order valence-electron chi connectivity index (χ4n) is 3.46. The Balaban J connectivity index is 2.04. The summed E-state index contributed by atoms with van der Waals surface area (Å²) in [6.45, 7) is 3.90. The van der Waals surface area contributed by atoms with Crippen LogP contribution in [0.1, 0.15) is 43.0 Å². The van der Waals surface area contributed by atoms with Gasteiger partial charge in [0, 0.05) is 19.2 Å². The molecule has 25 heavy (non-hydrogen) atoms. The highest BCUT2D eigenvalue weighted by Crippen LogP contribution is 2.32. The summed E-state index contributed by atoms with van der Waals surface area (Å²) < 4.78 is 19.3. The zero-order valence-electron chi connectivity index (χ0n) is 14.5. The average molecular weight is 347 g/mol. The minimum Gasteiger partial charge on any atom is -0.478 e. The van der Waals surface area contributed by atoms with E-state index in [2.05, 4.69) is 21.8 Å². The maximum Gasteiger partial charge on any atom is 0.338 e. The van der Waals surface area contributed by atoms with Crippen LogP contribution in [0, 0.1) is 11.7 Å². The van der Waals surface area contributed by atoms with Crippen molar-refractivity contribution < 1.29 is 19.0 Å². The van der Waals surface area contributed by atoms with Crippen LogP contribution in [0.15, 0.2) is 12.1 Å². The minimum atomic E-state index is -1.32. The van der Waals surface area contributed by atoms with Crippen molar-refractivity contribution in [1.29, 1.82) is 0 Å². The molecule has 1 saturated heterocycles. The highest BCUT2D eigenvalue weighted by molar-refractivity contribution is 5.93. The molecule has 7 heteroatoms. The third kappa shape index (κ3) is 3.50. The predicted octanol–water partition coefficient (Wildman–Crippen LogP) is 3.49. The van der Waals surface area contributed by atoms with Crippen LogP contribution in [0.25, 0.3) is 11.0 Å². The Morgan fingerprint density at radius 3 is 2.84 bits per heavy atom. The van der Waals surface area contributed by atoms with Crippen LogP contribution in [0.2, 0.25) is 0 Å². The Morgan fingerprint density at radius 2 is 2.16 bits per heavy atom. The number of carboxylic acids is 1. The summed E-state index contributed by atoms with van der Waals surface area (Å²) in [5.41, 5.74) is 0.234. The number of nitrogens with zero attached hydrogens (tertiary/aromatic N) is 3. The van der Waals surface area contributed by atoms with Gasteiger partial charge in [0.1, 0.15) is 5.82 Å². The molecule has 134 valence electrons. The topological polar surface area (TPSA) is 75.6 Å². The smallest absolute Gasteiger partial charge is 0.338 e. The lowest BCUT2D eigenvalue weighted by molar-refractivity contribution is 0.0692. The van der Waals surface area contributed by atoms with Crippen molar-refractivity contribution in [3.8, 4) is 5.88 Å². The molecule has 1 fully saturated rings. The Labute approximate surface area is 145 Å². The monoisotopic (exact) mass is 347 g/mol. The number of carboxylic acid groups (broad SMARTS) is 1. The number of carbonyl (C=O) groups is 1. The van der Waals surface area contributed by atoms with E-state index in [0.29, 0.717) is 23.1 Å². The van der Waals surface area contributed by atoms with Gasteiger partial charge in [-0.05, 0) is 31.2 Å². The summed E-state index contributed by atoms with van der Waals surface area (Å²) in [5.74, 6) is -0.612. The largest absolute Gasteiger partial charge is 0.478 e. The van der Waals surface area contributed by atoms with Crippen molar-refractivity contribution in [1.82, 2.24) is 9.97 Å². The molecule has 0 aliphatic carbocycles. The number of aromatic carboxylic acids is 1. The number of anilines is 1. The van der Waals surface area contributed by atoms with E-state index in [1.807, 2.05) is 0 Å². The van der Waals surface area contributed by atoms with Gasteiger partial charge >= 0.3 is 5.97 Å². The Hall–Kier alpha value is -2.44. The van der Waals surface area contributed by atoms with Gasteiger partial charge in [0.05, 0.1) is 23.7 Å². The van der Waals surface area contributed by atoms with Gasteiger partial charge in [0.15, 0.2) is 5.82 Å². The molecule has 6 nitrogen and oxygen atoms in total. The molecule has 1 unspecified atom stereocenters. The quantitative estimate of drug-likeness (QED) is 0.892. The third-order valence-corrected chi connectivity index (χ3v) is 4.64. The van der Waals surface area contributed by atoms with Crippen LogP contribution < -0.4 is 9.64 Å². The minimum absolute atomic E-state index is 0.283. The first-order valence-electron chi connectivity index (χ1n) is 8.57. The second-order valence-corrected chi connectivity index (χ2v) is 6.43. The van der Waals surface area contributed by atoms with E-state index in [1.54, 1.807) is 0 Å². The van der Waals surface area contributed by atoms with Crippen LogP contribution >= 0.6 is 0 Å². The van der Waals surface area contributed by atoms with Gasteiger partial charge < -0.3 is 14.7 Å². The number of piperidine rings is 1. The van der Waals surface area contributed by atoms with Crippen LogP contribution in [0.4, 0.5) is 10.2 Å². The van der Waals surface area contributed by atoms with Gasteiger partial charge in [-0.1, -0.05) is 13.3 Å². The SMILES string of the molecule is CCCC1CCCN(c2nc3cc(C(=O)O)c(F)cc3nc2OC)C1. The molecule has 2 heterocycles. The summed E-state index contributed by atoms with van der Waals surface area (Å²) in [5, 5.41) is 9.11. The first-order chi connectivity index (χ1) is 12.0. The summed E-state index contributed by atoms with van der Waals surface area (Å²) in [4.78, 5) is 22.2. The van der Waals surface area contributed by atoms with Gasteiger partial charge in [0.25, 0.3) is 5.88 Å². The van der Waals surface area contributed by atoms with E-state index in [1.165, 1.54) is 19.6 Å². The number of hydrogen-bond acceptors (Lipinski definition) is 5. The van der Waals surface area contributed by atoms with Crippen molar-refractivity contribution in [2.75, 3.05) is 25.1 Å². The second-order valence-electron chi connectivity index (χ2n) is 6.43. The average Bonchev–Trinajstić information content (AvgIpc) is 2.60. The number of benzene rings is 1. The molecule has 1 N–H and O–H groups in total. The second kappa shape index (κ2) is 7.21. The summed E-state index contributed by atoms with van der Waals surface area (Å²) in [6, 6.07) is 2.32. The van der Waals surface area contributed by atoms with E-state index < -0.39 is 17.3 Å². The maximum atomic E-state index is 13.9. The first-order valence-corrected chi connectivity index (χ1v) is 8.57. The lowest BCUT2D eigenvalue weighted by Gasteiger charge is -2.34. The fourth-order valence-corrected chi connectivity index (χ4v) is 3.46. The van der Waals surface area contributed by atoms with Crippen LogP contribution in [-0.4, -0.2) is 41.2 Å². The zero-order valence-corrected chi connectivity index (χ0v) is 14.5. The summed E-state index contributed by atoms with van der Waals surface area (Å²) >= 11 is 0. The number of methoxy groups -OCH3 is 1. The van der Waals surface area contributed by atoms with Gasteiger partial charge in [-0.2, -0.15) is 0 Å².